The van der Waals surface area contributed by atoms with E-state index in [1.54, 1.807) is 25.4 Å². The Morgan fingerprint density at radius 3 is 2.76 bits per heavy atom. The molecule has 1 fully saturated rings. The second kappa shape index (κ2) is 8.34. The van der Waals surface area contributed by atoms with Gasteiger partial charge in [0.25, 0.3) is 5.91 Å². The predicted molar refractivity (Wildman–Crippen MR) is 111 cm³/mol. The molecule has 0 aliphatic carbocycles. The normalized spacial score (nSPS) is 16.6. The molecular weight excluding hydrogens is 400 g/mol. The Hall–Kier alpha value is -2.71. The van der Waals surface area contributed by atoms with Gasteiger partial charge in [0.05, 0.1) is 16.9 Å². The monoisotopic (exact) mass is 421 g/mol. The molecule has 1 aliphatic heterocycles. The number of amides is 1. The number of aryl methyl sites for hydroxylation is 1. The van der Waals surface area contributed by atoms with Crippen LogP contribution in [0, 0.1) is 18.6 Å². The first-order chi connectivity index (χ1) is 13.4. The lowest BCUT2D eigenvalue weighted by Crippen LogP contribution is -2.49. The number of rotatable bonds is 3. The number of imidazole rings is 1. The molecule has 2 N–H and O–H groups in total. The number of halogens is 3. The second-order valence-electron chi connectivity index (χ2n) is 7.11. The molecule has 2 aromatic heterocycles. The van der Waals surface area contributed by atoms with Crippen LogP contribution in [0.5, 0.6) is 0 Å². The van der Waals surface area contributed by atoms with Gasteiger partial charge in [0.2, 0.25) is 0 Å². The van der Waals surface area contributed by atoms with Crippen LogP contribution in [0.3, 0.4) is 0 Å². The van der Waals surface area contributed by atoms with Crippen LogP contribution in [-0.4, -0.2) is 41.0 Å². The van der Waals surface area contributed by atoms with E-state index in [1.807, 2.05) is 0 Å². The lowest BCUT2D eigenvalue weighted by molar-refractivity contribution is 0.102. The van der Waals surface area contributed by atoms with Gasteiger partial charge in [0.15, 0.2) is 11.5 Å². The van der Waals surface area contributed by atoms with Crippen LogP contribution >= 0.6 is 12.4 Å². The highest BCUT2D eigenvalue weighted by molar-refractivity contribution is 6.04. The van der Waals surface area contributed by atoms with Gasteiger partial charge in [-0.15, -0.1) is 12.4 Å². The number of fused-ring (bicyclic) bond motifs is 1. The molecule has 4 rings (SSSR count). The minimum absolute atomic E-state index is 0. The van der Waals surface area contributed by atoms with Gasteiger partial charge in [-0.05, 0) is 32.0 Å². The number of hydrogen-bond acceptors (Lipinski definition) is 4. The van der Waals surface area contributed by atoms with Crippen molar-refractivity contribution in [1.29, 1.82) is 0 Å². The Bertz CT molecular complexity index is 1050. The molecule has 3 aromatic rings. The Morgan fingerprint density at radius 2 is 2.03 bits per heavy atom. The molecular formula is C20H22ClF2N5O. The number of nitrogens with one attached hydrogen (secondary N) is 2. The number of aromatic nitrogens is 2. The average Bonchev–Trinajstić information content (AvgIpc) is 3.02. The SMILES string of the molecule is Cc1cn2cc(NC(=O)c3ccc(N4CCN[C@@H](C)C4)cc3F)cc(F)c2n1.Cl. The van der Waals surface area contributed by atoms with Gasteiger partial charge in [-0.25, -0.2) is 13.8 Å². The summed E-state index contributed by atoms with van der Waals surface area (Å²) in [6.07, 6.45) is 3.20. The summed E-state index contributed by atoms with van der Waals surface area (Å²) in [5.74, 6) is -1.80. The summed E-state index contributed by atoms with van der Waals surface area (Å²) in [6.45, 7) is 6.20. The number of hydrogen-bond donors (Lipinski definition) is 2. The van der Waals surface area contributed by atoms with Crippen LogP contribution in [-0.2, 0) is 0 Å². The summed E-state index contributed by atoms with van der Waals surface area (Å²) >= 11 is 0. The van der Waals surface area contributed by atoms with Gasteiger partial charge in [0, 0.05) is 49.8 Å². The van der Waals surface area contributed by atoms with Crippen molar-refractivity contribution >= 4 is 35.3 Å². The van der Waals surface area contributed by atoms with E-state index in [0.29, 0.717) is 11.7 Å². The number of carbonyl (C=O) groups is 1. The van der Waals surface area contributed by atoms with E-state index >= 15 is 0 Å². The fourth-order valence-electron chi connectivity index (χ4n) is 3.50. The van der Waals surface area contributed by atoms with Gasteiger partial charge >= 0.3 is 0 Å². The van der Waals surface area contributed by atoms with Crippen LogP contribution in [0.25, 0.3) is 5.65 Å². The van der Waals surface area contributed by atoms with E-state index < -0.39 is 17.5 Å². The predicted octanol–water partition coefficient (Wildman–Crippen LogP) is 3.39. The Morgan fingerprint density at radius 1 is 1.24 bits per heavy atom. The van der Waals surface area contributed by atoms with E-state index in [9.17, 15) is 13.6 Å². The van der Waals surface area contributed by atoms with Crippen LogP contribution in [0.4, 0.5) is 20.2 Å². The Balaban J connectivity index is 0.00000240. The van der Waals surface area contributed by atoms with Gasteiger partial charge in [-0.2, -0.15) is 0 Å². The van der Waals surface area contributed by atoms with Crippen molar-refractivity contribution in [2.24, 2.45) is 0 Å². The summed E-state index contributed by atoms with van der Waals surface area (Å²) < 4.78 is 30.3. The summed E-state index contributed by atoms with van der Waals surface area (Å²) in [5, 5.41) is 5.89. The molecule has 0 saturated carbocycles. The highest BCUT2D eigenvalue weighted by atomic mass is 35.5. The first-order valence-corrected chi connectivity index (χ1v) is 9.15. The molecule has 3 heterocycles. The van der Waals surface area contributed by atoms with Crippen LogP contribution in [0.15, 0.2) is 36.7 Å². The average molecular weight is 422 g/mol. The van der Waals surface area contributed by atoms with Crippen molar-refractivity contribution in [2.75, 3.05) is 29.9 Å². The minimum atomic E-state index is -0.631. The molecule has 1 aromatic carbocycles. The maximum atomic E-state index is 14.6. The first kappa shape index (κ1) is 21.0. The number of anilines is 2. The van der Waals surface area contributed by atoms with Crippen LogP contribution in [0.2, 0.25) is 0 Å². The number of nitrogens with zero attached hydrogens (tertiary/aromatic N) is 3. The lowest BCUT2D eigenvalue weighted by atomic mass is 10.1. The van der Waals surface area contributed by atoms with Crippen molar-refractivity contribution < 1.29 is 13.6 Å². The second-order valence-corrected chi connectivity index (χ2v) is 7.11. The third-order valence-electron chi connectivity index (χ3n) is 4.82. The molecule has 0 spiro atoms. The standard InChI is InChI=1S/C20H21F2N5O.ClH/c1-12-9-26(6-5-23-12)15-3-4-16(17(21)8-15)20(28)25-14-7-18(22)19-24-13(2)10-27(19)11-14;/h3-4,7-8,10-12,23H,5-6,9H2,1-2H3,(H,25,28);1H/t12-;/m0./s1. The highest BCUT2D eigenvalue weighted by Gasteiger charge is 2.19. The van der Waals surface area contributed by atoms with Gasteiger partial charge < -0.3 is 19.9 Å². The molecule has 154 valence electrons. The zero-order valence-electron chi connectivity index (χ0n) is 16.1. The molecule has 0 bridgehead atoms. The molecule has 6 nitrogen and oxygen atoms in total. The molecule has 9 heteroatoms. The number of piperazine rings is 1. The summed E-state index contributed by atoms with van der Waals surface area (Å²) in [6, 6.07) is 6.06. The maximum Gasteiger partial charge on any atom is 0.258 e. The smallest absolute Gasteiger partial charge is 0.258 e. The Labute approximate surface area is 173 Å². The third-order valence-corrected chi connectivity index (χ3v) is 4.82. The molecule has 1 saturated heterocycles. The summed E-state index contributed by atoms with van der Waals surface area (Å²) in [4.78, 5) is 18.7. The van der Waals surface area contributed by atoms with Crippen molar-refractivity contribution in [2.45, 2.75) is 19.9 Å². The van der Waals surface area contributed by atoms with Crippen LogP contribution < -0.4 is 15.5 Å². The van der Waals surface area contributed by atoms with E-state index in [-0.39, 0.29) is 29.3 Å². The van der Waals surface area contributed by atoms with Crippen molar-refractivity contribution in [3.63, 3.8) is 0 Å². The van der Waals surface area contributed by atoms with Gasteiger partial charge in [-0.1, -0.05) is 0 Å². The molecule has 1 aliphatic rings. The van der Waals surface area contributed by atoms with Crippen molar-refractivity contribution in [1.82, 2.24) is 14.7 Å². The fourth-order valence-corrected chi connectivity index (χ4v) is 3.50. The number of carbonyl (C=O) groups excluding carboxylic acids is 1. The minimum Gasteiger partial charge on any atom is -0.369 e. The van der Waals surface area contributed by atoms with Gasteiger partial charge in [-0.3, -0.25) is 4.79 Å². The molecule has 0 unspecified atom stereocenters. The molecule has 0 radical (unpaired) electrons. The fraction of sp³-hybridized carbons (Fsp3) is 0.300. The third kappa shape index (κ3) is 4.33. The zero-order valence-corrected chi connectivity index (χ0v) is 16.9. The maximum absolute atomic E-state index is 14.6. The highest BCUT2D eigenvalue weighted by Crippen LogP contribution is 2.22. The molecule has 29 heavy (non-hydrogen) atoms. The van der Waals surface area contributed by atoms with E-state index in [2.05, 4.69) is 27.4 Å². The first-order valence-electron chi connectivity index (χ1n) is 9.15. The largest absolute Gasteiger partial charge is 0.369 e. The number of benzene rings is 1. The summed E-state index contributed by atoms with van der Waals surface area (Å²) in [7, 11) is 0. The van der Waals surface area contributed by atoms with E-state index in [0.717, 1.165) is 25.3 Å². The van der Waals surface area contributed by atoms with Crippen molar-refractivity contribution in [3.8, 4) is 0 Å². The Kier molecular flexibility index (Phi) is 6.04. The van der Waals surface area contributed by atoms with E-state index in [4.69, 9.17) is 0 Å². The number of pyridine rings is 1. The van der Waals surface area contributed by atoms with E-state index in [1.165, 1.54) is 22.6 Å². The summed E-state index contributed by atoms with van der Waals surface area (Å²) in [5.41, 5.74) is 1.72. The van der Waals surface area contributed by atoms with Gasteiger partial charge in [0.1, 0.15) is 5.82 Å². The zero-order chi connectivity index (χ0) is 19.8. The van der Waals surface area contributed by atoms with Crippen LogP contribution in [0.1, 0.15) is 23.0 Å². The lowest BCUT2D eigenvalue weighted by Gasteiger charge is -2.33. The van der Waals surface area contributed by atoms with Crippen molar-refractivity contribution in [3.05, 3.63) is 59.6 Å². The molecule has 1 amide bonds. The quantitative estimate of drug-likeness (QED) is 0.680. The molecule has 1 atom stereocenters. The topological polar surface area (TPSA) is 61.7 Å².